The largest absolute Gasteiger partial charge is 0.399 e. The molecule has 0 aliphatic rings. The molecule has 0 fully saturated rings. The zero-order chi connectivity index (χ0) is 11.4. The molecule has 3 heteroatoms. The minimum Gasteiger partial charge on any atom is -0.399 e. The number of nitrogen functional groups attached to an aromatic ring is 2. The van der Waals surface area contributed by atoms with Crippen molar-refractivity contribution in [3.63, 3.8) is 0 Å². The van der Waals surface area contributed by atoms with Crippen LogP contribution in [0.5, 0.6) is 0 Å². The molecule has 0 saturated heterocycles. The molecule has 0 amide bonds. The minimum atomic E-state index is 0.719. The molecule has 0 aromatic heterocycles. The topological polar surface area (TPSA) is 64.1 Å². The van der Waals surface area contributed by atoms with E-state index in [1.54, 1.807) is 0 Å². The minimum absolute atomic E-state index is 0.719. The molecule has 0 spiro atoms. The Bertz CT molecular complexity index is 463. The van der Waals surface area contributed by atoms with Gasteiger partial charge in [0.15, 0.2) is 0 Å². The van der Waals surface area contributed by atoms with Crippen molar-refractivity contribution in [2.75, 3.05) is 16.8 Å². The van der Waals surface area contributed by atoms with Gasteiger partial charge in [0.05, 0.1) is 0 Å². The van der Waals surface area contributed by atoms with Gasteiger partial charge in [-0.15, -0.1) is 0 Å². The highest BCUT2D eigenvalue weighted by Crippen LogP contribution is 2.15. The van der Waals surface area contributed by atoms with Crippen molar-refractivity contribution in [2.45, 2.75) is 6.54 Å². The summed E-state index contributed by atoms with van der Waals surface area (Å²) in [6.07, 6.45) is 0. The lowest BCUT2D eigenvalue weighted by molar-refractivity contribution is 1.15. The van der Waals surface area contributed by atoms with Gasteiger partial charge < -0.3 is 16.8 Å². The van der Waals surface area contributed by atoms with Crippen molar-refractivity contribution in [1.82, 2.24) is 0 Å². The van der Waals surface area contributed by atoms with Gasteiger partial charge in [-0.2, -0.15) is 0 Å². The van der Waals surface area contributed by atoms with Crippen LogP contribution in [-0.4, -0.2) is 0 Å². The van der Waals surface area contributed by atoms with Gasteiger partial charge in [0, 0.05) is 23.6 Å². The van der Waals surface area contributed by atoms with Gasteiger partial charge in [0.1, 0.15) is 0 Å². The Kier molecular flexibility index (Phi) is 2.96. The van der Waals surface area contributed by atoms with E-state index in [0.717, 1.165) is 29.2 Å². The van der Waals surface area contributed by atoms with Gasteiger partial charge >= 0.3 is 0 Å². The van der Waals surface area contributed by atoms with Crippen LogP contribution >= 0.6 is 0 Å². The highest BCUT2D eigenvalue weighted by molar-refractivity contribution is 5.53. The highest BCUT2D eigenvalue weighted by Gasteiger charge is 1.97. The Morgan fingerprint density at radius 3 is 2.25 bits per heavy atom. The van der Waals surface area contributed by atoms with Crippen LogP contribution in [0.15, 0.2) is 48.5 Å². The average molecular weight is 213 g/mol. The van der Waals surface area contributed by atoms with E-state index in [4.69, 9.17) is 11.5 Å². The summed E-state index contributed by atoms with van der Waals surface area (Å²) in [5, 5.41) is 3.29. The molecular formula is C13H15N3. The van der Waals surface area contributed by atoms with Crippen LogP contribution in [-0.2, 0) is 6.54 Å². The molecule has 2 rings (SSSR count). The number of nitrogens with one attached hydrogen (secondary N) is 1. The first-order chi connectivity index (χ1) is 7.75. The predicted octanol–water partition coefficient (Wildman–Crippen LogP) is 2.46. The van der Waals surface area contributed by atoms with Crippen molar-refractivity contribution < 1.29 is 0 Å². The predicted molar refractivity (Wildman–Crippen MR) is 69.0 cm³/mol. The number of hydrogen-bond acceptors (Lipinski definition) is 3. The van der Waals surface area contributed by atoms with Crippen LogP contribution in [0.3, 0.4) is 0 Å². The molecule has 16 heavy (non-hydrogen) atoms. The highest BCUT2D eigenvalue weighted by atomic mass is 14.9. The normalized spacial score (nSPS) is 10.0. The number of nitrogens with two attached hydrogens (primary N) is 2. The van der Waals surface area contributed by atoms with Crippen molar-refractivity contribution in [3.8, 4) is 0 Å². The fourth-order valence-electron chi connectivity index (χ4n) is 1.49. The number of anilines is 3. The fourth-order valence-corrected chi connectivity index (χ4v) is 1.49. The van der Waals surface area contributed by atoms with Crippen molar-refractivity contribution in [3.05, 3.63) is 54.1 Å². The van der Waals surface area contributed by atoms with Crippen molar-refractivity contribution >= 4 is 17.1 Å². The van der Waals surface area contributed by atoms with E-state index in [9.17, 15) is 0 Å². The molecule has 0 unspecified atom stereocenters. The second kappa shape index (κ2) is 4.57. The number of rotatable bonds is 3. The molecule has 0 atom stereocenters. The first kappa shape index (κ1) is 10.4. The first-order valence-corrected chi connectivity index (χ1v) is 5.18. The summed E-state index contributed by atoms with van der Waals surface area (Å²) < 4.78 is 0. The lowest BCUT2D eigenvalue weighted by Gasteiger charge is -2.08. The van der Waals surface area contributed by atoms with E-state index in [2.05, 4.69) is 5.32 Å². The third-order valence-corrected chi connectivity index (χ3v) is 2.45. The monoisotopic (exact) mass is 213 g/mol. The molecule has 5 N–H and O–H groups in total. The Morgan fingerprint density at radius 1 is 0.875 bits per heavy atom. The maximum Gasteiger partial charge on any atom is 0.0421 e. The molecule has 0 bridgehead atoms. The Labute approximate surface area is 95.1 Å². The first-order valence-electron chi connectivity index (χ1n) is 5.18. The molecule has 0 saturated carbocycles. The second-order valence-corrected chi connectivity index (χ2v) is 3.67. The second-order valence-electron chi connectivity index (χ2n) is 3.67. The van der Waals surface area contributed by atoms with Gasteiger partial charge in [-0.3, -0.25) is 0 Å². The van der Waals surface area contributed by atoms with Gasteiger partial charge in [-0.1, -0.05) is 18.2 Å². The molecule has 0 radical (unpaired) electrons. The lowest BCUT2D eigenvalue weighted by atomic mass is 10.2. The average Bonchev–Trinajstić information content (AvgIpc) is 2.30. The zero-order valence-electron chi connectivity index (χ0n) is 8.98. The standard InChI is InChI=1S/C13H15N3/c14-11-5-7-12(8-6-11)16-9-10-3-1-2-4-13(10)15/h1-8,16H,9,14-15H2. The van der Waals surface area contributed by atoms with Gasteiger partial charge in [-0.25, -0.2) is 0 Å². The van der Waals surface area contributed by atoms with E-state index in [0.29, 0.717) is 0 Å². The maximum atomic E-state index is 5.85. The number of para-hydroxylation sites is 1. The van der Waals surface area contributed by atoms with Crippen LogP contribution in [0, 0.1) is 0 Å². The van der Waals surface area contributed by atoms with E-state index in [1.807, 2.05) is 48.5 Å². The third-order valence-electron chi connectivity index (χ3n) is 2.45. The summed E-state index contributed by atoms with van der Waals surface area (Å²) in [7, 11) is 0. The molecule has 0 aliphatic heterocycles. The van der Waals surface area contributed by atoms with Crippen LogP contribution in [0.25, 0.3) is 0 Å². The Balaban J connectivity index is 2.02. The molecule has 2 aromatic rings. The summed E-state index contributed by atoms with van der Waals surface area (Å²) in [4.78, 5) is 0. The molecule has 2 aromatic carbocycles. The summed E-state index contributed by atoms with van der Waals surface area (Å²) in [5.41, 5.74) is 15.2. The lowest BCUT2D eigenvalue weighted by Crippen LogP contribution is -2.02. The summed E-state index contributed by atoms with van der Waals surface area (Å²) in [5.74, 6) is 0. The summed E-state index contributed by atoms with van der Waals surface area (Å²) in [6, 6.07) is 15.5. The van der Waals surface area contributed by atoms with E-state index < -0.39 is 0 Å². The molecule has 0 heterocycles. The van der Waals surface area contributed by atoms with E-state index in [1.165, 1.54) is 0 Å². The molecular weight excluding hydrogens is 198 g/mol. The van der Waals surface area contributed by atoms with Crippen LogP contribution in [0.4, 0.5) is 17.1 Å². The molecule has 82 valence electrons. The summed E-state index contributed by atoms with van der Waals surface area (Å²) >= 11 is 0. The van der Waals surface area contributed by atoms with Crippen LogP contribution in [0.2, 0.25) is 0 Å². The quantitative estimate of drug-likeness (QED) is 0.686. The Hall–Kier alpha value is -2.16. The van der Waals surface area contributed by atoms with Crippen molar-refractivity contribution in [2.24, 2.45) is 0 Å². The van der Waals surface area contributed by atoms with E-state index in [-0.39, 0.29) is 0 Å². The van der Waals surface area contributed by atoms with Gasteiger partial charge in [0.25, 0.3) is 0 Å². The van der Waals surface area contributed by atoms with Gasteiger partial charge in [-0.05, 0) is 35.9 Å². The fraction of sp³-hybridized carbons (Fsp3) is 0.0769. The smallest absolute Gasteiger partial charge is 0.0421 e. The zero-order valence-corrected chi connectivity index (χ0v) is 8.98. The molecule has 0 aliphatic carbocycles. The number of hydrogen-bond donors (Lipinski definition) is 3. The van der Waals surface area contributed by atoms with Crippen molar-refractivity contribution in [1.29, 1.82) is 0 Å². The van der Waals surface area contributed by atoms with Crippen LogP contribution in [0.1, 0.15) is 5.56 Å². The SMILES string of the molecule is Nc1ccc(NCc2ccccc2N)cc1. The third kappa shape index (κ3) is 2.45. The number of benzene rings is 2. The maximum absolute atomic E-state index is 5.85. The van der Waals surface area contributed by atoms with Crippen LogP contribution < -0.4 is 16.8 Å². The van der Waals surface area contributed by atoms with E-state index >= 15 is 0 Å². The Morgan fingerprint density at radius 2 is 1.56 bits per heavy atom. The summed E-state index contributed by atoms with van der Waals surface area (Å²) in [6.45, 7) is 0.719. The van der Waals surface area contributed by atoms with Gasteiger partial charge in [0.2, 0.25) is 0 Å². The molecule has 3 nitrogen and oxygen atoms in total.